The molecule has 1 aromatic heterocycles. The lowest BCUT2D eigenvalue weighted by Crippen LogP contribution is -2.46. The van der Waals surface area contributed by atoms with Crippen molar-refractivity contribution in [3.05, 3.63) is 70.5 Å². The predicted octanol–water partition coefficient (Wildman–Crippen LogP) is 1.53. The number of carbonyl (C=O) groups excluding carboxylic acids is 2. The lowest BCUT2D eigenvalue weighted by Gasteiger charge is -2.24. The van der Waals surface area contributed by atoms with Gasteiger partial charge in [0.2, 0.25) is 5.91 Å². The molecule has 0 bridgehead atoms. The fourth-order valence-corrected chi connectivity index (χ4v) is 3.51. The van der Waals surface area contributed by atoms with Gasteiger partial charge in [0.25, 0.3) is 5.91 Å². The minimum Gasteiger partial charge on any atom is -0.378 e. The van der Waals surface area contributed by atoms with E-state index in [2.05, 4.69) is 25.9 Å². The van der Waals surface area contributed by atoms with E-state index in [1.807, 2.05) is 0 Å². The SMILES string of the molecule is O=C(NCc1cc(Cl)ccc1-n1cnnn1)C1CC=NN1C(=O)C(O)c1ccc(F)cc1F. The molecule has 0 saturated carbocycles. The van der Waals surface area contributed by atoms with Crippen LogP contribution >= 0.6 is 11.6 Å². The van der Waals surface area contributed by atoms with Crippen molar-refractivity contribution in [3.8, 4) is 5.69 Å². The Kier molecular flexibility index (Phi) is 6.38. The first-order valence-corrected chi connectivity index (χ1v) is 10.0. The Morgan fingerprint density at radius 1 is 1.24 bits per heavy atom. The maximum absolute atomic E-state index is 14.0. The summed E-state index contributed by atoms with van der Waals surface area (Å²) >= 11 is 6.07. The van der Waals surface area contributed by atoms with Crippen LogP contribution in [0.1, 0.15) is 23.7 Å². The second-order valence-electron chi connectivity index (χ2n) is 7.05. The van der Waals surface area contributed by atoms with E-state index in [-0.39, 0.29) is 13.0 Å². The van der Waals surface area contributed by atoms with Crippen molar-refractivity contribution in [3.63, 3.8) is 0 Å². The average molecular weight is 476 g/mol. The van der Waals surface area contributed by atoms with E-state index >= 15 is 0 Å². The Bertz CT molecular complexity index is 1220. The number of rotatable bonds is 6. The van der Waals surface area contributed by atoms with Gasteiger partial charge in [-0.1, -0.05) is 17.7 Å². The number of hydrogen-bond acceptors (Lipinski definition) is 7. The van der Waals surface area contributed by atoms with Crippen molar-refractivity contribution in [1.29, 1.82) is 0 Å². The number of nitrogens with one attached hydrogen (secondary N) is 1. The van der Waals surface area contributed by atoms with Gasteiger partial charge in [-0.05, 0) is 40.3 Å². The number of tetrazole rings is 1. The van der Waals surface area contributed by atoms with E-state index in [0.29, 0.717) is 22.3 Å². The molecule has 13 heteroatoms. The number of carbonyl (C=O) groups is 2. The van der Waals surface area contributed by atoms with Gasteiger partial charge >= 0.3 is 0 Å². The quantitative estimate of drug-likeness (QED) is 0.557. The van der Waals surface area contributed by atoms with E-state index < -0.39 is 41.2 Å². The van der Waals surface area contributed by atoms with Crippen LogP contribution in [-0.4, -0.2) is 54.4 Å². The average Bonchev–Trinajstić information content (AvgIpc) is 3.49. The molecular formula is C20H16ClF2N7O3. The van der Waals surface area contributed by atoms with Crippen LogP contribution in [0.4, 0.5) is 8.78 Å². The highest BCUT2D eigenvalue weighted by Gasteiger charge is 2.37. The van der Waals surface area contributed by atoms with Gasteiger partial charge in [0, 0.05) is 35.8 Å². The molecule has 0 radical (unpaired) electrons. The maximum Gasteiger partial charge on any atom is 0.276 e. The third-order valence-electron chi connectivity index (χ3n) is 4.94. The lowest BCUT2D eigenvalue weighted by atomic mass is 10.1. The summed E-state index contributed by atoms with van der Waals surface area (Å²) in [6.45, 7) is 0.0300. The number of nitrogens with zero attached hydrogens (tertiary/aromatic N) is 6. The number of benzene rings is 2. The molecule has 1 aliphatic heterocycles. The normalized spacial score (nSPS) is 16.1. The highest BCUT2D eigenvalue weighted by molar-refractivity contribution is 6.30. The number of halogens is 3. The van der Waals surface area contributed by atoms with Crippen LogP contribution in [0.5, 0.6) is 0 Å². The molecule has 170 valence electrons. The van der Waals surface area contributed by atoms with E-state index in [0.717, 1.165) is 17.1 Å². The number of aliphatic hydroxyl groups excluding tert-OH is 1. The third kappa shape index (κ3) is 4.71. The Labute approximate surface area is 190 Å². The van der Waals surface area contributed by atoms with Gasteiger partial charge in [-0.2, -0.15) is 5.10 Å². The number of amides is 2. The van der Waals surface area contributed by atoms with Gasteiger partial charge in [0.1, 0.15) is 24.0 Å². The zero-order valence-electron chi connectivity index (χ0n) is 16.8. The fourth-order valence-electron chi connectivity index (χ4n) is 3.32. The van der Waals surface area contributed by atoms with Crippen LogP contribution in [0.15, 0.2) is 47.8 Å². The Balaban J connectivity index is 1.47. The van der Waals surface area contributed by atoms with E-state index in [1.165, 1.54) is 17.2 Å². The highest BCUT2D eigenvalue weighted by Crippen LogP contribution is 2.24. The zero-order valence-corrected chi connectivity index (χ0v) is 17.5. The summed E-state index contributed by atoms with van der Waals surface area (Å²) in [5.74, 6) is -3.52. The van der Waals surface area contributed by atoms with E-state index in [4.69, 9.17) is 11.6 Å². The molecule has 3 aromatic rings. The summed E-state index contributed by atoms with van der Waals surface area (Å²) in [5.41, 5.74) is 0.767. The van der Waals surface area contributed by atoms with E-state index in [1.54, 1.807) is 18.2 Å². The fraction of sp³-hybridized carbons (Fsp3) is 0.200. The molecule has 33 heavy (non-hydrogen) atoms. The second kappa shape index (κ2) is 9.38. The summed E-state index contributed by atoms with van der Waals surface area (Å²) in [5, 5.41) is 29.0. The zero-order chi connectivity index (χ0) is 23.5. The molecule has 4 rings (SSSR count). The molecule has 0 saturated heterocycles. The van der Waals surface area contributed by atoms with Crippen LogP contribution in [-0.2, 0) is 16.1 Å². The molecule has 2 atom stereocenters. The highest BCUT2D eigenvalue weighted by atomic mass is 35.5. The van der Waals surface area contributed by atoms with Crippen molar-refractivity contribution < 1.29 is 23.5 Å². The molecule has 2 unspecified atom stereocenters. The summed E-state index contributed by atoms with van der Waals surface area (Å²) in [6.07, 6.45) is 0.846. The largest absolute Gasteiger partial charge is 0.378 e. The van der Waals surface area contributed by atoms with Gasteiger partial charge in [-0.3, -0.25) is 9.59 Å². The third-order valence-corrected chi connectivity index (χ3v) is 5.17. The molecule has 2 amide bonds. The number of aliphatic hydroxyl groups is 1. The first-order valence-electron chi connectivity index (χ1n) is 9.63. The minimum atomic E-state index is -1.96. The number of aromatic nitrogens is 4. The standard InChI is InChI=1S/C20H16ClF2N7O3/c21-12-1-4-16(29-10-25-27-28-29)11(7-12)9-24-19(32)17-5-6-26-30(17)20(33)18(31)14-3-2-13(22)8-15(14)23/h1-4,6-8,10,17-18,31H,5,9H2,(H,24,32). The van der Waals surface area contributed by atoms with Crippen molar-refractivity contribution >= 4 is 29.6 Å². The summed E-state index contributed by atoms with van der Waals surface area (Å²) in [6, 6.07) is 6.32. The van der Waals surface area contributed by atoms with Gasteiger partial charge in [0.05, 0.1) is 5.69 Å². The Morgan fingerprint density at radius 2 is 2.06 bits per heavy atom. The molecule has 2 aromatic carbocycles. The lowest BCUT2D eigenvalue weighted by molar-refractivity contribution is -0.146. The molecule has 10 nitrogen and oxygen atoms in total. The molecule has 2 heterocycles. The Hall–Kier alpha value is -3.77. The Morgan fingerprint density at radius 3 is 2.79 bits per heavy atom. The minimum absolute atomic E-state index is 0.0300. The van der Waals surface area contributed by atoms with Crippen LogP contribution in [0.25, 0.3) is 5.69 Å². The van der Waals surface area contributed by atoms with Gasteiger partial charge in [-0.25, -0.2) is 18.5 Å². The molecular weight excluding hydrogens is 460 g/mol. The topological polar surface area (TPSA) is 126 Å². The second-order valence-corrected chi connectivity index (χ2v) is 7.48. The monoisotopic (exact) mass is 475 g/mol. The molecule has 0 fully saturated rings. The molecule has 0 spiro atoms. The molecule has 1 aliphatic rings. The summed E-state index contributed by atoms with van der Waals surface area (Å²) in [4.78, 5) is 25.5. The smallest absolute Gasteiger partial charge is 0.276 e. The molecule has 0 aliphatic carbocycles. The first kappa shape index (κ1) is 22.4. The van der Waals surface area contributed by atoms with E-state index in [9.17, 15) is 23.5 Å². The predicted molar refractivity (Wildman–Crippen MR) is 111 cm³/mol. The first-order chi connectivity index (χ1) is 15.8. The maximum atomic E-state index is 14.0. The van der Waals surface area contributed by atoms with Crippen LogP contribution in [0.3, 0.4) is 0 Å². The molecule has 2 N–H and O–H groups in total. The van der Waals surface area contributed by atoms with Crippen molar-refractivity contribution in [1.82, 2.24) is 30.5 Å². The van der Waals surface area contributed by atoms with Crippen molar-refractivity contribution in [2.75, 3.05) is 0 Å². The van der Waals surface area contributed by atoms with Gasteiger partial charge in [-0.15, -0.1) is 5.10 Å². The van der Waals surface area contributed by atoms with Crippen molar-refractivity contribution in [2.24, 2.45) is 5.10 Å². The van der Waals surface area contributed by atoms with Crippen molar-refractivity contribution in [2.45, 2.75) is 25.1 Å². The van der Waals surface area contributed by atoms with Gasteiger partial charge < -0.3 is 10.4 Å². The van der Waals surface area contributed by atoms with Crippen LogP contribution < -0.4 is 5.32 Å². The number of hydrogen-bond donors (Lipinski definition) is 2. The van der Waals surface area contributed by atoms with Crippen LogP contribution in [0.2, 0.25) is 5.02 Å². The van der Waals surface area contributed by atoms with Crippen LogP contribution in [0, 0.1) is 11.6 Å². The summed E-state index contributed by atoms with van der Waals surface area (Å²) in [7, 11) is 0. The van der Waals surface area contributed by atoms with Gasteiger partial charge in [0.15, 0.2) is 6.10 Å². The summed E-state index contributed by atoms with van der Waals surface area (Å²) < 4.78 is 28.5. The number of hydrazone groups is 1.